The third-order valence-corrected chi connectivity index (χ3v) is 3.16. The van der Waals surface area contributed by atoms with Gasteiger partial charge in [0.15, 0.2) is 0 Å². The van der Waals surface area contributed by atoms with Gasteiger partial charge in [0.05, 0.1) is 0 Å². The summed E-state index contributed by atoms with van der Waals surface area (Å²) in [4.78, 5) is 11.6. The molecule has 0 bridgehead atoms. The minimum absolute atomic E-state index is 0. The van der Waals surface area contributed by atoms with Crippen molar-refractivity contribution < 1.29 is 4.79 Å². The first-order valence-electron chi connectivity index (χ1n) is 6.30. The first kappa shape index (κ1) is 18.4. The van der Waals surface area contributed by atoms with Gasteiger partial charge in [-0.1, -0.05) is 28.1 Å². The molecular formula is C14H22BrClN2O. The molecule has 108 valence electrons. The molecule has 0 fully saturated rings. The van der Waals surface area contributed by atoms with E-state index in [1.165, 1.54) is 5.56 Å². The van der Waals surface area contributed by atoms with E-state index in [-0.39, 0.29) is 24.4 Å². The number of amides is 1. The van der Waals surface area contributed by atoms with Crippen LogP contribution >= 0.6 is 28.3 Å². The van der Waals surface area contributed by atoms with Crippen molar-refractivity contribution in [2.75, 3.05) is 13.6 Å². The zero-order valence-electron chi connectivity index (χ0n) is 11.4. The predicted octanol–water partition coefficient (Wildman–Crippen LogP) is 2.92. The van der Waals surface area contributed by atoms with E-state index in [0.29, 0.717) is 6.42 Å². The van der Waals surface area contributed by atoms with Gasteiger partial charge >= 0.3 is 0 Å². The number of halogens is 2. The van der Waals surface area contributed by atoms with Crippen LogP contribution in [0.15, 0.2) is 28.7 Å². The SMILES string of the molecule is CNCCCC(=O)NC(C)Cc1cccc(Br)c1.Cl. The van der Waals surface area contributed by atoms with E-state index in [1.54, 1.807) is 0 Å². The number of carbonyl (C=O) groups is 1. The van der Waals surface area contributed by atoms with E-state index in [2.05, 4.69) is 38.7 Å². The number of hydrogen-bond acceptors (Lipinski definition) is 2. The normalized spacial score (nSPS) is 11.5. The second-order valence-electron chi connectivity index (χ2n) is 4.51. The molecule has 1 rings (SSSR count). The van der Waals surface area contributed by atoms with Crippen LogP contribution in [0, 0.1) is 0 Å². The molecule has 0 spiro atoms. The van der Waals surface area contributed by atoms with E-state index < -0.39 is 0 Å². The minimum Gasteiger partial charge on any atom is -0.353 e. The van der Waals surface area contributed by atoms with E-state index in [0.717, 1.165) is 23.9 Å². The van der Waals surface area contributed by atoms with Gasteiger partial charge in [-0.15, -0.1) is 12.4 Å². The Kier molecular flexibility index (Phi) is 9.92. The Morgan fingerprint density at radius 3 is 2.79 bits per heavy atom. The quantitative estimate of drug-likeness (QED) is 0.743. The van der Waals surface area contributed by atoms with Crippen LogP contribution in [0.2, 0.25) is 0 Å². The van der Waals surface area contributed by atoms with Gasteiger partial charge in [-0.05, 0) is 51.1 Å². The molecule has 1 unspecified atom stereocenters. The van der Waals surface area contributed by atoms with Crippen molar-refractivity contribution in [1.82, 2.24) is 10.6 Å². The van der Waals surface area contributed by atoms with Gasteiger partial charge < -0.3 is 10.6 Å². The van der Waals surface area contributed by atoms with Gasteiger partial charge in [0.25, 0.3) is 0 Å². The van der Waals surface area contributed by atoms with Crippen LogP contribution < -0.4 is 10.6 Å². The van der Waals surface area contributed by atoms with Crippen LogP contribution in [-0.2, 0) is 11.2 Å². The molecule has 1 aromatic rings. The van der Waals surface area contributed by atoms with Gasteiger partial charge in [0, 0.05) is 16.9 Å². The summed E-state index contributed by atoms with van der Waals surface area (Å²) in [6.07, 6.45) is 2.33. The fourth-order valence-corrected chi connectivity index (χ4v) is 2.29. The maximum absolute atomic E-state index is 11.6. The molecule has 0 saturated heterocycles. The van der Waals surface area contributed by atoms with Gasteiger partial charge in [0.2, 0.25) is 5.91 Å². The first-order valence-corrected chi connectivity index (χ1v) is 7.09. The second kappa shape index (κ2) is 10.2. The van der Waals surface area contributed by atoms with E-state index in [1.807, 2.05) is 26.1 Å². The Labute approximate surface area is 130 Å². The summed E-state index contributed by atoms with van der Waals surface area (Å²) in [5.41, 5.74) is 1.23. The molecule has 19 heavy (non-hydrogen) atoms. The Morgan fingerprint density at radius 2 is 2.16 bits per heavy atom. The van der Waals surface area contributed by atoms with Crippen molar-refractivity contribution in [2.24, 2.45) is 0 Å². The molecule has 1 aromatic carbocycles. The highest BCUT2D eigenvalue weighted by Crippen LogP contribution is 2.13. The summed E-state index contributed by atoms with van der Waals surface area (Å²) < 4.78 is 1.08. The number of rotatable bonds is 7. The maximum atomic E-state index is 11.6. The molecule has 0 aliphatic carbocycles. The Bertz CT molecular complexity index is 387. The Balaban J connectivity index is 0.00000324. The lowest BCUT2D eigenvalue weighted by molar-refractivity contribution is -0.121. The standard InChI is InChI=1S/C14H21BrN2O.ClH/c1-11(17-14(18)7-4-8-16-2)9-12-5-3-6-13(15)10-12;/h3,5-6,10-11,16H,4,7-9H2,1-2H3,(H,17,18);1H. The highest BCUT2D eigenvalue weighted by atomic mass is 79.9. The van der Waals surface area contributed by atoms with Gasteiger partial charge in [-0.25, -0.2) is 0 Å². The van der Waals surface area contributed by atoms with E-state index >= 15 is 0 Å². The molecule has 0 aliphatic rings. The fraction of sp³-hybridized carbons (Fsp3) is 0.500. The molecule has 1 atom stereocenters. The van der Waals surface area contributed by atoms with Crippen molar-refractivity contribution in [3.05, 3.63) is 34.3 Å². The highest BCUT2D eigenvalue weighted by molar-refractivity contribution is 9.10. The maximum Gasteiger partial charge on any atom is 0.220 e. The van der Waals surface area contributed by atoms with E-state index in [9.17, 15) is 4.79 Å². The Morgan fingerprint density at radius 1 is 1.42 bits per heavy atom. The summed E-state index contributed by atoms with van der Waals surface area (Å²) in [5, 5.41) is 6.06. The average molecular weight is 350 g/mol. The minimum atomic E-state index is 0. The molecular weight excluding hydrogens is 328 g/mol. The van der Waals surface area contributed by atoms with Crippen LogP contribution in [0.4, 0.5) is 0 Å². The molecule has 0 aliphatic heterocycles. The highest BCUT2D eigenvalue weighted by Gasteiger charge is 2.07. The van der Waals surface area contributed by atoms with E-state index in [4.69, 9.17) is 0 Å². The summed E-state index contributed by atoms with van der Waals surface area (Å²) in [7, 11) is 1.90. The molecule has 0 heterocycles. The molecule has 5 heteroatoms. The number of hydrogen-bond donors (Lipinski definition) is 2. The number of carbonyl (C=O) groups excluding carboxylic acids is 1. The lowest BCUT2D eigenvalue weighted by Gasteiger charge is -2.14. The van der Waals surface area contributed by atoms with Gasteiger partial charge in [-0.3, -0.25) is 4.79 Å². The summed E-state index contributed by atoms with van der Waals surface area (Å²) in [6, 6.07) is 8.35. The molecule has 3 nitrogen and oxygen atoms in total. The van der Waals surface area contributed by atoms with Crippen LogP contribution in [0.3, 0.4) is 0 Å². The zero-order chi connectivity index (χ0) is 13.4. The van der Waals surface area contributed by atoms with Crippen molar-refractivity contribution in [2.45, 2.75) is 32.2 Å². The second-order valence-corrected chi connectivity index (χ2v) is 5.43. The monoisotopic (exact) mass is 348 g/mol. The third kappa shape index (κ3) is 8.24. The third-order valence-electron chi connectivity index (χ3n) is 2.67. The van der Waals surface area contributed by atoms with Crippen molar-refractivity contribution in [3.8, 4) is 0 Å². The van der Waals surface area contributed by atoms with Crippen LogP contribution in [0.25, 0.3) is 0 Å². The predicted molar refractivity (Wildman–Crippen MR) is 85.9 cm³/mol. The largest absolute Gasteiger partial charge is 0.353 e. The number of nitrogens with one attached hydrogen (secondary N) is 2. The van der Waals surface area contributed by atoms with Crippen LogP contribution in [0.1, 0.15) is 25.3 Å². The van der Waals surface area contributed by atoms with Crippen LogP contribution in [0.5, 0.6) is 0 Å². The average Bonchev–Trinajstić information content (AvgIpc) is 2.29. The van der Waals surface area contributed by atoms with Gasteiger partial charge in [-0.2, -0.15) is 0 Å². The van der Waals surface area contributed by atoms with Crippen molar-refractivity contribution in [1.29, 1.82) is 0 Å². The first-order chi connectivity index (χ1) is 8.61. The fourth-order valence-electron chi connectivity index (χ4n) is 1.84. The van der Waals surface area contributed by atoms with Crippen molar-refractivity contribution in [3.63, 3.8) is 0 Å². The molecule has 2 N–H and O–H groups in total. The lowest BCUT2D eigenvalue weighted by atomic mass is 10.1. The number of benzene rings is 1. The van der Waals surface area contributed by atoms with Crippen LogP contribution in [-0.4, -0.2) is 25.5 Å². The Hall–Kier alpha value is -0.580. The van der Waals surface area contributed by atoms with Gasteiger partial charge in [0.1, 0.15) is 0 Å². The summed E-state index contributed by atoms with van der Waals surface area (Å²) in [5.74, 6) is 0.132. The smallest absolute Gasteiger partial charge is 0.220 e. The summed E-state index contributed by atoms with van der Waals surface area (Å²) in [6.45, 7) is 2.92. The molecule has 0 radical (unpaired) electrons. The van der Waals surface area contributed by atoms with Crippen molar-refractivity contribution >= 4 is 34.2 Å². The molecule has 1 amide bonds. The lowest BCUT2D eigenvalue weighted by Crippen LogP contribution is -2.34. The molecule has 0 aromatic heterocycles. The summed E-state index contributed by atoms with van der Waals surface area (Å²) >= 11 is 3.45. The zero-order valence-corrected chi connectivity index (χ0v) is 13.8. The molecule has 0 saturated carbocycles. The topological polar surface area (TPSA) is 41.1 Å².